The van der Waals surface area contributed by atoms with Crippen LogP contribution in [-0.4, -0.2) is 44.1 Å². The summed E-state index contributed by atoms with van der Waals surface area (Å²) in [5, 5.41) is 28.0. The molecule has 0 fully saturated rings. The molecule has 1 aromatic heterocycles. The van der Waals surface area contributed by atoms with Gasteiger partial charge in [-0.25, -0.2) is 4.68 Å². The number of amides is 1. The minimum absolute atomic E-state index is 0.00438. The van der Waals surface area contributed by atoms with E-state index in [-0.39, 0.29) is 23.2 Å². The molecule has 0 aliphatic carbocycles. The van der Waals surface area contributed by atoms with Crippen molar-refractivity contribution in [3.63, 3.8) is 0 Å². The number of carboxylic acids is 1. The molecule has 2 aromatic carbocycles. The van der Waals surface area contributed by atoms with Crippen molar-refractivity contribution in [2.24, 2.45) is 5.41 Å². The van der Waals surface area contributed by atoms with Crippen molar-refractivity contribution in [1.82, 2.24) is 15.1 Å². The first-order chi connectivity index (χ1) is 16.8. The summed E-state index contributed by atoms with van der Waals surface area (Å²) >= 11 is 12.2. The second-order valence-corrected chi connectivity index (χ2v) is 10.6. The van der Waals surface area contributed by atoms with E-state index in [0.717, 1.165) is 0 Å². The summed E-state index contributed by atoms with van der Waals surface area (Å²) in [6.45, 7) is 7.32. The number of carboxylic acid groups (broad SMARTS) is 1. The molecule has 0 bridgehead atoms. The molecule has 2 atom stereocenters. The van der Waals surface area contributed by atoms with Gasteiger partial charge in [-0.1, -0.05) is 68.2 Å². The number of carbonyl (C=O) groups excluding carboxylic acids is 1. The number of carbonyl (C=O) groups is 2. The number of nitrogens with zero attached hydrogens (tertiary/aromatic N) is 2. The molecule has 3 aromatic rings. The standard InChI is InChI=1S/C26H29Cl2N3O5/c1-25(2,3)26(4,35)15-36-22-13-21(30-31(22)17-8-6-5-7-9-17)24(34)29-20(14-23(32)33)18-11-10-16(27)12-19(18)28/h5-13,20,35H,14-15H2,1-4H3,(H,29,34)(H,32,33)/t20-,26+/m0/s1. The molecule has 192 valence electrons. The van der Waals surface area contributed by atoms with Gasteiger partial charge in [-0.3, -0.25) is 9.59 Å². The molecule has 0 spiro atoms. The van der Waals surface area contributed by atoms with E-state index < -0.39 is 35.4 Å². The van der Waals surface area contributed by atoms with Gasteiger partial charge in [-0.05, 0) is 42.2 Å². The highest BCUT2D eigenvalue weighted by molar-refractivity contribution is 6.35. The number of para-hydroxylation sites is 1. The molecule has 0 saturated heterocycles. The zero-order chi connectivity index (χ0) is 26.7. The number of nitrogens with one attached hydrogen (secondary N) is 1. The molecule has 36 heavy (non-hydrogen) atoms. The molecular weight excluding hydrogens is 505 g/mol. The quantitative estimate of drug-likeness (QED) is 0.343. The van der Waals surface area contributed by atoms with Crippen LogP contribution in [0.25, 0.3) is 5.69 Å². The summed E-state index contributed by atoms with van der Waals surface area (Å²) in [5.41, 5.74) is -0.572. The van der Waals surface area contributed by atoms with Crippen molar-refractivity contribution in [3.8, 4) is 11.6 Å². The second-order valence-electron chi connectivity index (χ2n) is 9.72. The van der Waals surface area contributed by atoms with Crippen molar-refractivity contribution in [1.29, 1.82) is 0 Å². The summed E-state index contributed by atoms with van der Waals surface area (Å²) < 4.78 is 7.39. The van der Waals surface area contributed by atoms with Gasteiger partial charge in [0.25, 0.3) is 5.91 Å². The maximum Gasteiger partial charge on any atom is 0.305 e. The van der Waals surface area contributed by atoms with Crippen LogP contribution >= 0.6 is 23.2 Å². The molecule has 0 saturated carbocycles. The Morgan fingerprint density at radius 1 is 1.08 bits per heavy atom. The Bertz CT molecular complexity index is 1240. The summed E-state index contributed by atoms with van der Waals surface area (Å²) in [7, 11) is 0. The normalized spacial score (nSPS) is 14.1. The lowest BCUT2D eigenvalue weighted by Crippen LogP contribution is -2.45. The summed E-state index contributed by atoms with van der Waals surface area (Å²) in [4.78, 5) is 24.7. The zero-order valence-electron chi connectivity index (χ0n) is 20.5. The molecular formula is C26H29Cl2N3O5. The number of aliphatic carboxylic acids is 1. The van der Waals surface area contributed by atoms with E-state index >= 15 is 0 Å². The van der Waals surface area contributed by atoms with Gasteiger partial charge in [-0.2, -0.15) is 5.10 Å². The Labute approximate surface area is 219 Å². The zero-order valence-corrected chi connectivity index (χ0v) is 22.0. The van der Waals surface area contributed by atoms with Crippen molar-refractivity contribution >= 4 is 35.1 Å². The maximum atomic E-state index is 13.2. The van der Waals surface area contributed by atoms with E-state index in [1.54, 1.807) is 31.2 Å². The van der Waals surface area contributed by atoms with Crippen molar-refractivity contribution in [2.45, 2.75) is 45.8 Å². The molecule has 10 heteroatoms. The SMILES string of the molecule is CC(C)(C)[C@](C)(O)COc1cc(C(=O)N[C@@H](CC(=O)O)c2ccc(Cl)cc2Cl)nn1-c1ccccc1. The number of aromatic nitrogens is 2. The van der Waals surface area contributed by atoms with Crippen LogP contribution in [0, 0.1) is 5.41 Å². The molecule has 0 unspecified atom stereocenters. The van der Waals surface area contributed by atoms with Crippen LogP contribution in [0.4, 0.5) is 0 Å². The van der Waals surface area contributed by atoms with Gasteiger partial charge in [0, 0.05) is 16.1 Å². The van der Waals surface area contributed by atoms with E-state index in [1.165, 1.54) is 16.8 Å². The Kier molecular flexibility index (Phi) is 8.33. The third-order valence-electron chi connectivity index (χ3n) is 6.05. The van der Waals surface area contributed by atoms with Gasteiger partial charge in [0.2, 0.25) is 5.88 Å². The second kappa shape index (κ2) is 10.9. The molecule has 3 N–H and O–H groups in total. The molecule has 0 radical (unpaired) electrons. The Balaban J connectivity index is 1.93. The first kappa shape index (κ1) is 27.5. The van der Waals surface area contributed by atoms with Gasteiger partial charge in [0.05, 0.1) is 18.2 Å². The Morgan fingerprint density at radius 2 is 1.75 bits per heavy atom. The van der Waals surface area contributed by atoms with Crippen LogP contribution in [0.15, 0.2) is 54.6 Å². The smallest absolute Gasteiger partial charge is 0.305 e. The molecule has 3 rings (SSSR count). The first-order valence-electron chi connectivity index (χ1n) is 11.3. The van der Waals surface area contributed by atoms with Gasteiger partial charge in [-0.15, -0.1) is 0 Å². The largest absolute Gasteiger partial charge is 0.481 e. The average Bonchev–Trinajstić information content (AvgIpc) is 3.21. The van der Waals surface area contributed by atoms with Crippen LogP contribution in [0.3, 0.4) is 0 Å². The number of rotatable bonds is 9. The van der Waals surface area contributed by atoms with Crippen LogP contribution in [-0.2, 0) is 4.79 Å². The number of hydrogen-bond acceptors (Lipinski definition) is 5. The highest BCUT2D eigenvalue weighted by Gasteiger charge is 2.36. The fraction of sp³-hybridized carbons (Fsp3) is 0.346. The predicted octanol–water partition coefficient (Wildman–Crippen LogP) is 5.30. The maximum absolute atomic E-state index is 13.2. The minimum Gasteiger partial charge on any atom is -0.481 e. The molecule has 1 heterocycles. The van der Waals surface area contributed by atoms with E-state index in [2.05, 4.69) is 10.4 Å². The van der Waals surface area contributed by atoms with E-state index in [4.69, 9.17) is 27.9 Å². The van der Waals surface area contributed by atoms with Gasteiger partial charge >= 0.3 is 5.97 Å². The summed E-state index contributed by atoms with van der Waals surface area (Å²) in [5.74, 6) is -1.49. The summed E-state index contributed by atoms with van der Waals surface area (Å²) in [6, 6.07) is 14.2. The molecule has 0 aliphatic heterocycles. The van der Waals surface area contributed by atoms with Crippen molar-refractivity contribution in [3.05, 3.63) is 75.9 Å². The highest BCUT2D eigenvalue weighted by Crippen LogP contribution is 2.32. The van der Waals surface area contributed by atoms with Crippen LogP contribution < -0.4 is 10.1 Å². The highest BCUT2D eigenvalue weighted by atomic mass is 35.5. The van der Waals surface area contributed by atoms with Gasteiger partial charge in [0.1, 0.15) is 12.2 Å². The van der Waals surface area contributed by atoms with Crippen molar-refractivity contribution < 1.29 is 24.5 Å². The average molecular weight is 534 g/mol. The predicted molar refractivity (Wildman–Crippen MR) is 138 cm³/mol. The van der Waals surface area contributed by atoms with E-state index in [9.17, 15) is 19.8 Å². The van der Waals surface area contributed by atoms with Crippen LogP contribution in [0.2, 0.25) is 10.0 Å². The first-order valence-corrected chi connectivity index (χ1v) is 12.0. The minimum atomic E-state index is -1.17. The monoisotopic (exact) mass is 533 g/mol. The number of aliphatic hydroxyl groups is 1. The number of benzene rings is 2. The van der Waals surface area contributed by atoms with E-state index in [0.29, 0.717) is 16.3 Å². The van der Waals surface area contributed by atoms with Gasteiger partial charge < -0.3 is 20.3 Å². The lowest BCUT2D eigenvalue weighted by Gasteiger charge is -2.36. The Morgan fingerprint density at radius 3 is 2.33 bits per heavy atom. The van der Waals surface area contributed by atoms with Crippen molar-refractivity contribution in [2.75, 3.05) is 6.61 Å². The molecule has 1 amide bonds. The fourth-order valence-electron chi connectivity index (χ4n) is 3.19. The van der Waals surface area contributed by atoms with E-state index in [1.807, 2.05) is 39.0 Å². The lowest BCUT2D eigenvalue weighted by atomic mass is 9.78. The lowest BCUT2D eigenvalue weighted by molar-refractivity contribution is -0.137. The number of ether oxygens (including phenoxy) is 1. The molecule has 8 nitrogen and oxygen atoms in total. The molecule has 0 aliphatic rings. The third kappa shape index (κ3) is 6.57. The van der Waals surface area contributed by atoms with Crippen LogP contribution in [0.1, 0.15) is 56.2 Å². The van der Waals surface area contributed by atoms with Crippen LogP contribution in [0.5, 0.6) is 5.88 Å². The fourth-order valence-corrected chi connectivity index (χ4v) is 3.73. The number of hydrogen-bond donors (Lipinski definition) is 3. The van der Waals surface area contributed by atoms with Gasteiger partial charge in [0.15, 0.2) is 5.69 Å². The topological polar surface area (TPSA) is 114 Å². The number of halogens is 2. The Hall–Kier alpha value is -3.07. The summed E-state index contributed by atoms with van der Waals surface area (Å²) in [6.07, 6.45) is -0.399. The third-order valence-corrected chi connectivity index (χ3v) is 6.61.